The largest absolute Gasteiger partial charge is 0.393 e. The van der Waals surface area contributed by atoms with Gasteiger partial charge in [0.25, 0.3) is 0 Å². The molecule has 0 spiro atoms. The topological polar surface area (TPSA) is 59.9 Å². The van der Waals surface area contributed by atoms with Crippen LogP contribution in [-0.4, -0.2) is 60.3 Å². The first kappa shape index (κ1) is 21.9. The minimum absolute atomic E-state index is 0. The molecule has 0 aromatic heterocycles. The molecule has 0 saturated heterocycles. The van der Waals surface area contributed by atoms with Crippen LogP contribution in [0.1, 0.15) is 53.4 Å². The first-order chi connectivity index (χ1) is 10.1. The molecule has 5 nitrogen and oxygen atoms in total. The number of nitrogens with one attached hydrogen (secondary N) is 2. The molecule has 132 valence electrons. The van der Waals surface area contributed by atoms with Crippen LogP contribution in [0.5, 0.6) is 0 Å². The van der Waals surface area contributed by atoms with Crippen molar-refractivity contribution in [3.63, 3.8) is 0 Å². The van der Waals surface area contributed by atoms with E-state index in [4.69, 9.17) is 0 Å². The van der Waals surface area contributed by atoms with Crippen LogP contribution < -0.4 is 10.6 Å². The van der Waals surface area contributed by atoms with Crippen molar-refractivity contribution in [3.05, 3.63) is 0 Å². The Morgan fingerprint density at radius 1 is 1.23 bits per heavy atom. The Morgan fingerprint density at radius 2 is 1.86 bits per heavy atom. The molecule has 0 aromatic rings. The third-order valence-corrected chi connectivity index (χ3v) is 4.18. The highest BCUT2D eigenvalue weighted by molar-refractivity contribution is 14.0. The summed E-state index contributed by atoms with van der Waals surface area (Å²) in [5.41, 5.74) is 0. The van der Waals surface area contributed by atoms with E-state index in [0.717, 1.165) is 57.8 Å². The lowest BCUT2D eigenvalue weighted by atomic mass is 9.93. The molecule has 0 atom stereocenters. The van der Waals surface area contributed by atoms with E-state index in [1.807, 2.05) is 0 Å². The van der Waals surface area contributed by atoms with E-state index in [1.165, 1.54) is 0 Å². The standard InChI is InChI=1S/C16H34N4O.HI/c1-5-17-16(18-11-12-20(6-2)13(3)4)19-14-7-9-15(21)10-8-14;/h13-15,21H,5-12H2,1-4H3,(H2,17,18,19);1H. The van der Waals surface area contributed by atoms with Crippen molar-refractivity contribution in [1.29, 1.82) is 0 Å². The lowest BCUT2D eigenvalue weighted by Gasteiger charge is -2.28. The molecule has 0 bridgehead atoms. The molecular weight excluding hydrogens is 391 g/mol. The molecule has 1 fully saturated rings. The van der Waals surface area contributed by atoms with Crippen molar-refractivity contribution in [1.82, 2.24) is 15.5 Å². The number of hydrogen-bond acceptors (Lipinski definition) is 3. The van der Waals surface area contributed by atoms with E-state index in [-0.39, 0.29) is 30.1 Å². The van der Waals surface area contributed by atoms with Crippen LogP contribution >= 0.6 is 24.0 Å². The van der Waals surface area contributed by atoms with Gasteiger partial charge in [-0.1, -0.05) is 6.92 Å². The van der Waals surface area contributed by atoms with Crippen LogP contribution in [0.25, 0.3) is 0 Å². The van der Waals surface area contributed by atoms with Crippen molar-refractivity contribution in [2.24, 2.45) is 4.99 Å². The number of halogens is 1. The molecule has 0 aromatic carbocycles. The van der Waals surface area contributed by atoms with Gasteiger partial charge in [0.15, 0.2) is 5.96 Å². The molecule has 1 rings (SSSR count). The molecule has 22 heavy (non-hydrogen) atoms. The van der Waals surface area contributed by atoms with Crippen LogP contribution in [0.15, 0.2) is 4.99 Å². The van der Waals surface area contributed by atoms with Crippen molar-refractivity contribution >= 4 is 29.9 Å². The highest BCUT2D eigenvalue weighted by Gasteiger charge is 2.19. The second-order valence-electron chi connectivity index (χ2n) is 6.13. The van der Waals surface area contributed by atoms with Crippen molar-refractivity contribution in [2.45, 2.75) is 71.6 Å². The van der Waals surface area contributed by atoms with E-state index >= 15 is 0 Å². The number of aliphatic imine (C=N–C) groups is 1. The van der Waals surface area contributed by atoms with Crippen LogP contribution in [0.4, 0.5) is 0 Å². The predicted molar refractivity (Wildman–Crippen MR) is 105 cm³/mol. The van der Waals surface area contributed by atoms with E-state index in [1.54, 1.807) is 0 Å². The van der Waals surface area contributed by atoms with Gasteiger partial charge < -0.3 is 15.7 Å². The summed E-state index contributed by atoms with van der Waals surface area (Å²) in [5, 5.41) is 16.4. The molecule has 0 radical (unpaired) electrons. The third-order valence-electron chi connectivity index (χ3n) is 4.18. The van der Waals surface area contributed by atoms with Crippen molar-refractivity contribution in [2.75, 3.05) is 26.2 Å². The Hall–Kier alpha value is -0.0800. The molecule has 0 heterocycles. The van der Waals surface area contributed by atoms with Gasteiger partial charge in [-0.05, 0) is 53.0 Å². The molecule has 0 unspecified atom stereocenters. The minimum atomic E-state index is -0.105. The van der Waals surface area contributed by atoms with Crippen LogP contribution in [0.3, 0.4) is 0 Å². The Labute approximate surface area is 153 Å². The van der Waals surface area contributed by atoms with Crippen LogP contribution in [-0.2, 0) is 0 Å². The summed E-state index contributed by atoms with van der Waals surface area (Å²) in [6.45, 7) is 12.5. The fraction of sp³-hybridized carbons (Fsp3) is 0.938. The molecular formula is C16H35IN4O. The number of nitrogens with zero attached hydrogens (tertiary/aromatic N) is 2. The zero-order valence-electron chi connectivity index (χ0n) is 14.6. The summed E-state index contributed by atoms with van der Waals surface area (Å²) < 4.78 is 0. The van der Waals surface area contributed by atoms with Gasteiger partial charge in [0.2, 0.25) is 0 Å². The third kappa shape index (κ3) is 8.53. The smallest absolute Gasteiger partial charge is 0.191 e. The fourth-order valence-corrected chi connectivity index (χ4v) is 2.81. The number of rotatable bonds is 7. The Bertz CT molecular complexity index is 305. The van der Waals surface area contributed by atoms with Crippen LogP contribution in [0, 0.1) is 0 Å². The van der Waals surface area contributed by atoms with Gasteiger partial charge in [0.1, 0.15) is 0 Å². The number of likely N-dealkylation sites (N-methyl/N-ethyl adjacent to an activating group) is 1. The van der Waals surface area contributed by atoms with E-state index in [0.29, 0.717) is 12.1 Å². The minimum Gasteiger partial charge on any atom is -0.393 e. The van der Waals surface area contributed by atoms with Gasteiger partial charge >= 0.3 is 0 Å². The molecule has 0 aliphatic heterocycles. The second-order valence-corrected chi connectivity index (χ2v) is 6.13. The molecule has 3 N–H and O–H groups in total. The van der Waals surface area contributed by atoms with Crippen LogP contribution in [0.2, 0.25) is 0 Å². The summed E-state index contributed by atoms with van der Waals surface area (Å²) >= 11 is 0. The predicted octanol–water partition coefficient (Wildman–Crippen LogP) is 2.19. The van der Waals surface area contributed by atoms with E-state index < -0.39 is 0 Å². The van der Waals surface area contributed by atoms with E-state index in [2.05, 4.69) is 48.2 Å². The maximum atomic E-state index is 9.57. The van der Waals surface area contributed by atoms with Crippen molar-refractivity contribution in [3.8, 4) is 0 Å². The van der Waals surface area contributed by atoms with Gasteiger partial charge in [-0.3, -0.25) is 9.89 Å². The number of aliphatic hydroxyl groups excluding tert-OH is 1. The SMILES string of the molecule is CCNC(=NCCN(CC)C(C)C)NC1CCC(O)CC1.I. The molecule has 1 aliphatic rings. The first-order valence-corrected chi connectivity index (χ1v) is 8.53. The number of hydrogen-bond donors (Lipinski definition) is 3. The number of guanidine groups is 1. The maximum absolute atomic E-state index is 9.57. The Kier molecular flexibility index (Phi) is 12.3. The summed E-state index contributed by atoms with van der Waals surface area (Å²) in [6, 6.07) is 1.01. The quantitative estimate of drug-likeness (QED) is 0.332. The van der Waals surface area contributed by atoms with Gasteiger partial charge in [-0.2, -0.15) is 0 Å². The van der Waals surface area contributed by atoms with Crippen molar-refractivity contribution < 1.29 is 5.11 Å². The highest BCUT2D eigenvalue weighted by atomic mass is 127. The fourth-order valence-electron chi connectivity index (χ4n) is 2.81. The lowest BCUT2D eigenvalue weighted by molar-refractivity contribution is 0.120. The zero-order valence-corrected chi connectivity index (χ0v) is 17.0. The molecule has 0 amide bonds. The zero-order chi connectivity index (χ0) is 15.7. The summed E-state index contributed by atoms with van der Waals surface area (Å²) in [5.74, 6) is 0.915. The number of aliphatic hydroxyl groups is 1. The van der Waals surface area contributed by atoms with E-state index in [9.17, 15) is 5.11 Å². The van der Waals surface area contributed by atoms with Gasteiger partial charge in [-0.15, -0.1) is 24.0 Å². The molecule has 1 saturated carbocycles. The summed E-state index contributed by atoms with van der Waals surface area (Å²) in [6.07, 6.45) is 3.74. The normalized spacial score (nSPS) is 22.6. The Balaban J connectivity index is 0.00000441. The van der Waals surface area contributed by atoms with Gasteiger partial charge in [-0.25, -0.2) is 0 Å². The molecule has 1 aliphatic carbocycles. The van der Waals surface area contributed by atoms with Gasteiger partial charge in [0, 0.05) is 25.2 Å². The summed E-state index contributed by atoms with van der Waals surface area (Å²) in [7, 11) is 0. The lowest BCUT2D eigenvalue weighted by Crippen LogP contribution is -2.45. The first-order valence-electron chi connectivity index (χ1n) is 8.53. The Morgan fingerprint density at radius 3 is 2.36 bits per heavy atom. The molecule has 6 heteroatoms. The average Bonchev–Trinajstić information content (AvgIpc) is 2.45. The average molecular weight is 426 g/mol. The monoisotopic (exact) mass is 426 g/mol. The summed E-state index contributed by atoms with van der Waals surface area (Å²) in [4.78, 5) is 7.11. The maximum Gasteiger partial charge on any atom is 0.191 e. The second kappa shape index (κ2) is 12.4. The highest BCUT2D eigenvalue weighted by Crippen LogP contribution is 2.18. The van der Waals surface area contributed by atoms with Gasteiger partial charge in [0.05, 0.1) is 12.6 Å².